The van der Waals surface area contributed by atoms with Gasteiger partial charge in [-0.15, -0.1) is 0 Å². The van der Waals surface area contributed by atoms with Crippen LogP contribution in [0.4, 0.5) is 26.0 Å². The lowest BCUT2D eigenvalue weighted by molar-refractivity contribution is 0.116. The molecule has 0 amide bonds. The average molecular weight is 466 g/mol. The van der Waals surface area contributed by atoms with Crippen molar-refractivity contribution in [3.8, 4) is 17.1 Å². The molecule has 0 bridgehead atoms. The second-order valence-electron chi connectivity index (χ2n) is 8.81. The lowest BCUT2D eigenvalue weighted by Gasteiger charge is -2.42. The minimum Gasteiger partial charge on any atom is -0.494 e. The molecule has 4 N–H and O–H groups in total. The van der Waals surface area contributed by atoms with Gasteiger partial charge in [-0.25, -0.2) is 18.7 Å². The Balaban J connectivity index is 1.50. The summed E-state index contributed by atoms with van der Waals surface area (Å²) in [5.74, 6) is -1.07. The first-order chi connectivity index (χ1) is 16.3. The number of benzene rings is 1. The second-order valence-corrected chi connectivity index (χ2v) is 8.81. The highest BCUT2D eigenvalue weighted by Crippen LogP contribution is 2.37. The third-order valence-electron chi connectivity index (χ3n) is 6.33. The quantitative estimate of drug-likeness (QED) is 0.335. The molecule has 0 radical (unpaired) electrons. The summed E-state index contributed by atoms with van der Waals surface area (Å²) < 4.78 is 28.8. The summed E-state index contributed by atoms with van der Waals surface area (Å²) >= 11 is 0. The van der Waals surface area contributed by atoms with E-state index in [9.17, 15) is 19.0 Å². The second kappa shape index (κ2) is 8.57. The van der Waals surface area contributed by atoms with E-state index in [4.69, 9.17) is 0 Å². The largest absolute Gasteiger partial charge is 0.494 e. The monoisotopic (exact) mass is 465 g/mol. The molecule has 5 rings (SSSR count). The number of aromatic amines is 1. The van der Waals surface area contributed by atoms with Gasteiger partial charge in [0.25, 0.3) is 0 Å². The molecule has 1 aliphatic rings. The number of fused-ring (bicyclic) bond motifs is 1. The Kier molecular flexibility index (Phi) is 5.57. The minimum atomic E-state index is -0.727. The van der Waals surface area contributed by atoms with Gasteiger partial charge >= 0.3 is 0 Å². The maximum Gasteiger partial charge on any atom is 0.200 e. The number of aliphatic hydroxyl groups excluding tert-OH is 1. The highest BCUT2D eigenvalue weighted by molar-refractivity contribution is 5.99. The molecular formula is C25H25F2N5O2. The predicted octanol–water partition coefficient (Wildman–Crippen LogP) is 5.09. The van der Waals surface area contributed by atoms with Gasteiger partial charge in [-0.2, -0.15) is 0 Å². The zero-order valence-corrected chi connectivity index (χ0v) is 18.8. The molecule has 9 heteroatoms. The van der Waals surface area contributed by atoms with Crippen molar-refractivity contribution in [1.29, 1.82) is 0 Å². The lowest BCUT2D eigenvalue weighted by Crippen LogP contribution is -2.48. The van der Waals surface area contributed by atoms with Gasteiger partial charge in [0.2, 0.25) is 0 Å². The van der Waals surface area contributed by atoms with Gasteiger partial charge in [-0.1, -0.05) is 6.07 Å². The Hall–Kier alpha value is -3.72. The molecule has 0 aliphatic carbocycles. The number of hydrogen-bond donors (Lipinski definition) is 4. The average Bonchev–Trinajstić information content (AvgIpc) is 3.15. The van der Waals surface area contributed by atoms with Crippen molar-refractivity contribution in [2.45, 2.75) is 44.9 Å². The van der Waals surface area contributed by atoms with E-state index in [1.807, 2.05) is 6.07 Å². The van der Waals surface area contributed by atoms with E-state index >= 15 is 0 Å². The van der Waals surface area contributed by atoms with Gasteiger partial charge < -0.3 is 25.4 Å². The predicted molar refractivity (Wildman–Crippen MR) is 127 cm³/mol. The molecule has 176 valence electrons. The molecule has 4 heterocycles. The van der Waals surface area contributed by atoms with Crippen LogP contribution in [-0.2, 0) is 0 Å². The summed E-state index contributed by atoms with van der Waals surface area (Å²) in [7, 11) is 0. The standard InChI is InChI=1S/C25H25F2N5O2/c1-13-8-16(33)9-14(2)32(13)15-6-7-22(28-11-15)31-20-10-19(23-17(26)4-3-5-18(23)27)30-21-12-29-25(34)24(20)21/h3-7,10-14,16,29,33-34H,8-9H2,1-2H3,(H,28,31). The number of rotatable bonds is 4. The van der Waals surface area contributed by atoms with Gasteiger partial charge in [0.05, 0.1) is 45.8 Å². The van der Waals surface area contributed by atoms with E-state index in [1.54, 1.807) is 12.3 Å². The van der Waals surface area contributed by atoms with Crippen LogP contribution in [0.15, 0.2) is 48.8 Å². The van der Waals surface area contributed by atoms with Crippen molar-refractivity contribution < 1.29 is 19.0 Å². The van der Waals surface area contributed by atoms with Crippen LogP contribution in [0.3, 0.4) is 0 Å². The zero-order chi connectivity index (χ0) is 24.0. The summed E-state index contributed by atoms with van der Waals surface area (Å²) in [6.07, 6.45) is 4.32. The summed E-state index contributed by atoms with van der Waals surface area (Å²) in [5.41, 5.74) is 1.55. The molecule has 7 nitrogen and oxygen atoms in total. The van der Waals surface area contributed by atoms with Crippen LogP contribution in [0.1, 0.15) is 26.7 Å². The van der Waals surface area contributed by atoms with Crippen LogP contribution in [0.5, 0.6) is 5.88 Å². The van der Waals surface area contributed by atoms with E-state index in [0.717, 1.165) is 5.69 Å². The van der Waals surface area contributed by atoms with E-state index < -0.39 is 11.6 Å². The van der Waals surface area contributed by atoms with Gasteiger partial charge in [0, 0.05) is 18.3 Å². The molecule has 2 atom stereocenters. The Morgan fingerprint density at radius 3 is 2.44 bits per heavy atom. The first kappa shape index (κ1) is 22.1. The Bertz CT molecular complexity index is 1310. The molecule has 3 aromatic heterocycles. The molecule has 0 spiro atoms. The van der Waals surface area contributed by atoms with Gasteiger partial charge in [-0.3, -0.25) is 0 Å². The fourth-order valence-corrected chi connectivity index (χ4v) is 4.90. The fraction of sp³-hybridized carbons (Fsp3) is 0.280. The highest BCUT2D eigenvalue weighted by Gasteiger charge is 2.30. The highest BCUT2D eigenvalue weighted by atomic mass is 19.1. The summed E-state index contributed by atoms with van der Waals surface area (Å²) in [6, 6.07) is 9.23. The van der Waals surface area contributed by atoms with Crippen LogP contribution >= 0.6 is 0 Å². The fourth-order valence-electron chi connectivity index (χ4n) is 4.90. The van der Waals surface area contributed by atoms with Crippen LogP contribution in [0.2, 0.25) is 0 Å². The third-order valence-corrected chi connectivity index (χ3v) is 6.33. The molecule has 0 saturated carbocycles. The minimum absolute atomic E-state index is 0.0933. The van der Waals surface area contributed by atoms with Gasteiger partial charge in [0.1, 0.15) is 17.5 Å². The Morgan fingerprint density at radius 2 is 1.79 bits per heavy atom. The summed E-state index contributed by atoms with van der Waals surface area (Å²) in [6.45, 7) is 4.16. The molecule has 1 aromatic carbocycles. The molecule has 1 saturated heterocycles. The van der Waals surface area contributed by atoms with Gasteiger partial charge in [0.15, 0.2) is 5.88 Å². The molecule has 1 aliphatic heterocycles. The van der Waals surface area contributed by atoms with Crippen molar-refractivity contribution in [3.63, 3.8) is 0 Å². The van der Waals surface area contributed by atoms with Crippen molar-refractivity contribution in [3.05, 3.63) is 60.4 Å². The molecule has 4 aromatic rings. The van der Waals surface area contributed by atoms with Crippen molar-refractivity contribution in [2.75, 3.05) is 10.2 Å². The van der Waals surface area contributed by atoms with E-state index in [1.165, 1.54) is 30.5 Å². The third kappa shape index (κ3) is 3.92. The number of nitrogens with zero attached hydrogens (tertiary/aromatic N) is 3. The molecule has 2 unspecified atom stereocenters. The molecular weight excluding hydrogens is 440 g/mol. The van der Waals surface area contributed by atoms with E-state index in [-0.39, 0.29) is 35.3 Å². The Labute approximate surface area is 195 Å². The van der Waals surface area contributed by atoms with Crippen molar-refractivity contribution >= 4 is 28.1 Å². The van der Waals surface area contributed by atoms with Crippen LogP contribution in [-0.4, -0.2) is 43.4 Å². The topological polar surface area (TPSA) is 97.3 Å². The number of nitrogens with one attached hydrogen (secondary N) is 2. The molecule has 34 heavy (non-hydrogen) atoms. The maximum atomic E-state index is 14.4. The first-order valence-corrected chi connectivity index (χ1v) is 11.2. The summed E-state index contributed by atoms with van der Waals surface area (Å²) in [5, 5.41) is 23.9. The van der Waals surface area contributed by atoms with E-state index in [0.29, 0.717) is 35.2 Å². The van der Waals surface area contributed by atoms with Gasteiger partial charge in [-0.05, 0) is 57.0 Å². The smallest absolute Gasteiger partial charge is 0.200 e. The van der Waals surface area contributed by atoms with Crippen molar-refractivity contribution in [1.82, 2.24) is 15.0 Å². The number of piperidine rings is 1. The number of halogens is 2. The zero-order valence-electron chi connectivity index (χ0n) is 18.8. The number of hydrogen-bond acceptors (Lipinski definition) is 6. The number of aliphatic hydroxyl groups is 1. The maximum absolute atomic E-state index is 14.4. The lowest BCUT2D eigenvalue weighted by atomic mass is 9.94. The van der Waals surface area contributed by atoms with Crippen molar-refractivity contribution in [2.24, 2.45) is 0 Å². The number of H-pyrrole nitrogens is 1. The number of aromatic hydroxyl groups is 1. The van der Waals surface area contributed by atoms with Crippen LogP contribution < -0.4 is 10.2 Å². The van der Waals surface area contributed by atoms with Crippen LogP contribution in [0.25, 0.3) is 22.2 Å². The first-order valence-electron chi connectivity index (χ1n) is 11.2. The van der Waals surface area contributed by atoms with E-state index in [2.05, 4.69) is 39.0 Å². The number of anilines is 3. The molecule has 1 fully saturated rings. The normalized spacial score (nSPS) is 20.6. The Morgan fingerprint density at radius 1 is 1.09 bits per heavy atom. The summed E-state index contributed by atoms with van der Waals surface area (Å²) in [4.78, 5) is 13.8. The SMILES string of the molecule is CC1CC(O)CC(C)N1c1ccc(Nc2cc(-c3c(F)cccc3F)nc3c[nH]c(O)c23)nc1. The number of aromatic nitrogens is 3. The number of pyridine rings is 2. The van der Waals surface area contributed by atoms with Crippen LogP contribution in [0, 0.1) is 11.6 Å².